The second kappa shape index (κ2) is 10.4. The van der Waals surface area contributed by atoms with E-state index in [2.05, 4.69) is 5.32 Å². The number of carboxylic acid groups (broad SMARTS) is 1. The van der Waals surface area contributed by atoms with Gasteiger partial charge in [0.2, 0.25) is 0 Å². The third-order valence-electron chi connectivity index (χ3n) is 4.15. The highest BCUT2D eigenvalue weighted by Gasteiger charge is 2.31. The summed E-state index contributed by atoms with van der Waals surface area (Å²) in [6.07, 6.45) is -7.82. The van der Waals surface area contributed by atoms with E-state index in [4.69, 9.17) is 9.47 Å². The topological polar surface area (TPSA) is 84.9 Å². The highest BCUT2D eigenvalue weighted by atomic mass is 19.4. The SMILES string of the molecule is CC(C)OC(Cc1cc(NC(=O)OCc2ccc(C(F)(F)F)cc2F)ccc1F)C(=O)O. The normalized spacial score (nSPS) is 12.5. The number of halogens is 5. The largest absolute Gasteiger partial charge is 0.479 e. The maximum atomic E-state index is 14.1. The minimum atomic E-state index is -4.71. The van der Waals surface area contributed by atoms with Crippen molar-refractivity contribution in [1.82, 2.24) is 0 Å². The molecule has 0 bridgehead atoms. The van der Waals surface area contributed by atoms with Crippen LogP contribution in [-0.4, -0.2) is 29.4 Å². The summed E-state index contributed by atoms with van der Waals surface area (Å²) in [5.74, 6) is -3.19. The van der Waals surface area contributed by atoms with Gasteiger partial charge in [-0.3, -0.25) is 5.32 Å². The van der Waals surface area contributed by atoms with Crippen molar-refractivity contribution in [3.63, 3.8) is 0 Å². The van der Waals surface area contributed by atoms with Gasteiger partial charge in [-0.2, -0.15) is 13.2 Å². The zero-order valence-corrected chi connectivity index (χ0v) is 17.0. The van der Waals surface area contributed by atoms with E-state index in [1.165, 1.54) is 12.1 Å². The first-order valence-corrected chi connectivity index (χ1v) is 9.33. The third kappa shape index (κ3) is 7.19. The molecule has 0 saturated carbocycles. The highest BCUT2D eigenvalue weighted by Crippen LogP contribution is 2.30. The lowest BCUT2D eigenvalue weighted by Gasteiger charge is -2.17. The lowest BCUT2D eigenvalue weighted by Crippen LogP contribution is -2.29. The van der Waals surface area contributed by atoms with Crippen LogP contribution in [0.3, 0.4) is 0 Å². The average molecular weight is 461 g/mol. The zero-order chi connectivity index (χ0) is 24.1. The maximum Gasteiger partial charge on any atom is 0.416 e. The number of hydrogen-bond acceptors (Lipinski definition) is 4. The minimum Gasteiger partial charge on any atom is -0.479 e. The molecule has 6 nitrogen and oxygen atoms in total. The fourth-order valence-corrected chi connectivity index (χ4v) is 2.67. The van der Waals surface area contributed by atoms with E-state index >= 15 is 0 Å². The summed E-state index contributed by atoms with van der Waals surface area (Å²) in [6, 6.07) is 5.19. The number of aliphatic carboxylic acids is 1. The Morgan fingerprint density at radius 1 is 1.03 bits per heavy atom. The molecule has 2 aromatic carbocycles. The molecular formula is C21H20F5NO5. The fourth-order valence-electron chi connectivity index (χ4n) is 2.67. The van der Waals surface area contributed by atoms with E-state index in [1.807, 2.05) is 0 Å². The smallest absolute Gasteiger partial charge is 0.416 e. The molecule has 0 aliphatic carbocycles. The Balaban J connectivity index is 2.03. The minimum absolute atomic E-state index is 0.0374. The molecule has 2 rings (SSSR count). The quantitative estimate of drug-likeness (QED) is 0.531. The first kappa shape index (κ1) is 25.1. The van der Waals surface area contributed by atoms with Crippen molar-refractivity contribution in [2.24, 2.45) is 0 Å². The van der Waals surface area contributed by atoms with Crippen LogP contribution in [0.5, 0.6) is 0 Å². The molecule has 0 radical (unpaired) electrons. The number of alkyl halides is 3. The predicted octanol–water partition coefficient (Wildman–Crippen LogP) is 5.15. The Kier molecular flexibility index (Phi) is 8.14. The summed E-state index contributed by atoms with van der Waals surface area (Å²) < 4.78 is 75.7. The Morgan fingerprint density at radius 3 is 2.28 bits per heavy atom. The third-order valence-corrected chi connectivity index (χ3v) is 4.15. The van der Waals surface area contributed by atoms with Crippen molar-refractivity contribution in [3.8, 4) is 0 Å². The van der Waals surface area contributed by atoms with E-state index in [-0.39, 0.29) is 23.2 Å². The standard InChI is InChI=1S/C21H20F5NO5/c1-11(2)32-18(19(28)29)8-13-7-15(5-6-16(13)22)27-20(30)31-10-12-3-4-14(9-17(12)23)21(24,25)26/h3-7,9,11,18H,8,10H2,1-2H3,(H,27,30)(H,28,29). The summed E-state index contributed by atoms with van der Waals surface area (Å²) in [7, 11) is 0. The first-order valence-electron chi connectivity index (χ1n) is 9.33. The Morgan fingerprint density at radius 2 is 1.72 bits per heavy atom. The molecule has 11 heteroatoms. The van der Waals surface area contributed by atoms with Crippen molar-refractivity contribution < 1.29 is 46.1 Å². The molecule has 2 N–H and O–H groups in total. The van der Waals surface area contributed by atoms with Crippen LogP contribution in [0.4, 0.5) is 32.4 Å². The number of carboxylic acids is 1. The highest BCUT2D eigenvalue weighted by molar-refractivity contribution is 5.84. The van der Waals surface area contributed by atoms with Gasteiger partial charge in [-0.25, -0.2) is 18.4 Å². The second-order valence-corrected chi connectivity index (χ2v) is 7.03. The summed E-state index contributed by atoms with van der Waals surface area (Å²) in [4.78, 5) is 23.3. The fraction of sp³-hybridized carbons (Fsp3) is 0.333. The summed E-state index contributed by atoms with van der Waals surface area (Å²) >= 11 is 0. The molecule has 0 saturated heterocycles. The first-order chi connectivity index (χ1) is 14.9. The van der Waals surface area contributed by atoms with Gasteiger partial charge >= 0.3 is 18.2 Å². The molecule has 0 heterocycles. The second-order valence-electron chi connectivity index (χ2n) is 7.03. The van der Waals surface area contributed by atoms with Gasteiger partial charge in [-0.1, -0.05) is 6.07 Å². The zero-order valence-electron chi connectivity index (χ0n) is 17.0. The van der Waals surface area contributed by atoms with Crippen LogP contribution < -0.4 is 5.32 Å². The summed E-state index contributed by atoms with van der Waals surface area (Å²) in [5, 5.41) is 11.5. The molecule has 0 aromatic heterocycles. The molecule has 1 atom stereocenters. The molecule has 0 aliphatic rings. The predicted molar refractivity (Wildman–Crippen MR) is 103 cm³/mol. The number of hydrogen-bond donors (Lipinski definition) is 2. The number of ether oxygens (including phenoxy) is 2. The molecule has 2 aromatic rings. The molecule has 0 spiro atoms. The van der Waals surface area contributed by atoms with E-state index in [1.54, 1.807) is 13.8 Å². The van der Waals surface area contributed by atoms with Crippen LogP contribution in [-0.2, 0) is 33.5 Å². The average Bonchev–Trinajstić information content (AvgIpc) is 2.67. The van der Waals surface area contributed by atoms with Crippen LogP contribution in [0.25, 0.3) is 0 Å². The van der Waals surface area contributed by atoms with E-state index in [0.29, 0.717) is 12.1 Å². The summed E-state index contributed by atoms with van der Waals surface area (Å²) in [6.45, 7) is 2.60. The molecule has 0 fully saturated rings. The van der Waals surface area contributed by atoms with Gasteiger partial charge in [-0.15, -0.1) is 0 Å². The van der Waals surface area contributed by atoms with Crippen molar-refractivity contribution in [2.75, 3.05) is 5.32 Å². The van der Waals surface area contributed by atoms with E-state index < -0.39 is 54.3 Å². The van der Waals surface area contributed by atoms with Crippen LogP contribution >= 0.6 is 0 Å². The number of rotatable bonds is 8. The van der Waals surface area contributed by atoms with Crippen molar-refractivity contribution in [1.29, 1.82) is 0 Å². The van der Waals surface area contributed by atoms with Crippen molar-refractivity contribution in [2.45, 2.75) is 45.3 Å². The van der Waals surface area contributed by atoms with E-state index in [9.17, 15) is 36.6 Å². The number of nitrogens with one attached hydrogen (secondary N) is 1. The van der Waals surface area contributed by atoms with Gasteiger partial charge in [0.15, 0.2) is 6.10 Å². The number of amides is 1. The van der Waals surface area contributed by atoms with Crippen LogP contribution in [0.2, 0.25) is 0 Å². The maximum absolute atomic E-state index is 14.1. The van der Waals surface area contributed by atoms with Gasteiger partial charge in [0.1, 0.15) is 18.2 Å². The number of benzene rings is 2. The molecule has 32 heavy (non-hydrogen) atoms. The van der Waals surface area contributed by atoms with Gasteiger partial charge in [-0.05, 0) is 49.7 Å². The molecule has 1 amide bonds. The monoisotopic (exact) mass is 461 g/mol. The summed E-state index contributed by atoms with van der Waals surface area (Å²) in [5.41, 5.74) is -1.43. The molecule has 1 unspecified atom stereocenters. The van der Waals surface area contributed by atoms with Crippen LogP contribution in [0, 0.1) is 11.6 Å². The number of carbonyl (C=O) groups is 2. The van der Waals surface area contributed by atoms with Crippen LogP contribution in [0.1, 0.15) is 30.5 Å². The van der Waals surface area contributed by atoms with Gasteiger partial charge in [0.25, 0.3) is 0 Å². The number of carbonyl (C=O) groups excluding carboxylic acids is 1. The number of anilines is 1. The van der Waals surface area contributed by atoms with Crippen molar-refractivity contribution in [3.05, 3.63) is 64.7 Å². The lowest BCUT2D eigenvalue weighted by atomic mass is 10.1. The van der Waals surface area contributed by atoms with Crippen molar-refractivity contribution >= 4 is 17.7 Å². The Bertz CT molecular complexity index is 978. The molecule has 0 aliphatic heterocycles. The molecular weight excluding hydrogens is 441 g/mol. The Hall–Kier alpha value is -3.21. The van der Waals surface area contributed by atoms with Crippen LogP contribution in [0.15, 0.2) is 36.4 Å². The Labute approximate surface area is 179 Å². The van der Waals surface area contributed by atoms with E-state index in [0.717, 1.165) is 12.1 Å². The lowest BCUT2D eigenvalue weighted by molar-refractivity contribution is -0.153. The van der Waals surface area contributed by atoms with Gasteiger partial charge in [0.05, 0.1) is 11.7 Å². The van der Waals surface area contributed by atoms with Gasteiger partial charge < -0.3 is 14.6 Å². The van der Waals surface area contributed by atoms with Gasteiger partial charge in [0, 0.05) is 17.7 Å². The molecule has 174 valence electrons.